The fourth-order valence-electron chi connectivity index (χ4n) is 2.41. The van der Waals surface area contributed by atoms with Gasteiger partial charge in [0.25, 0.3) is 0 Å². The molecule has 20 heavy (non-hydrogen) atoms. The van der Waals surface area contributed by atoms with Gasteiger partial charge in [0.2, 0.25) is 0 Å². The molecule has 0 aliphatic rings. The average Bonchev–Trinajstić information content (AvgIpc) is 2.43. The summed E-state index contributed by atoms with van der Waals surface area (Å²) in [6, 6.07) is 13.3. The van der Waals surface area contributed by atoms with E-state index in [0.29, 0.717) is 0 Å². The second-order valence-electron chi connectivity index (χ2n) is 4.95. The van der Waals surface area contributed by atoms with Crippen molar-refractivity contribution >= 4 is 38.5 Å². The van der Waals surface area contributed by atoms with Crippen LogP contribution in [0.1, 0.15) is 35.2 Å². The minimum absolute atomic E-state index is 0.240. The Hall–Kier alpha value is -0.390. The minimum atomic E-state index is 0.240. The van der Waals surface area contributed by atoms with Crippen molar-refractivity contribution in [3.05, 3.63) is 66.7 Å². The predicted octanol–water partition coefficient (Wildman–Crippen LogP) is 5.37. The number of aryl methyl sites for hydroxylation is 1. The molecule has 2 aromatic rings. The molecule has 1 atom stereocenters. The zero-order valence-electron chi connectivity index (χ0n) is 12.0. The van der Waals surface area contributed by atoms with E-state index < -0.39 is 0 Å². The first-order valence-electron chi connectivity index (χ1n) is 6.79. The van der Waals surface area contributed by atoms with E-state index in [-0.39, 0.29) is 6.04 Å². The minimum Gasteiger partial charge on any atom is -0.306 e. The molecule has 0 heterocycles. The largest absolute Gasteiger partial charge is 0.306 e. The van der Waals surface area contributed by atoms with E-state index in [9.17, 15) is 0 Å². The molecule has 2 aromatic carbocycles. The van der Waals surface area contributed by atoms with Gasteiger partial charge in [-0.3, -0.25) is 0 Å². The number of nitrogens with one attached hydrogen (secondary N) is 1. The van der Waals surface area contributed by atoms with Gasteiger partial charge in [-0.15, -0.1) is 0 Å². The normalized spacial score (nSPS) is 12.4. The highest BCUT2D eigenvalue weighted by Gasteiger charge is 2.18. The maximum atomic E-state index is 3.63. The molecule has 3 heteroatoms. The van der Waals surface area contributed by atoms with Gasteiger partial charge in [0.1, 0.15) is 0 Å². The molecule has 0 fully saturated rings. The van der Waals surface area contributed by atoms with Gasteiger partial charge in [0.15, 0.2) is 0 Å². The van der Waals surface area contributed by atoms with E-state index in [4.69, 9.17) is 0 Å². The summed E-state index contributed by atoms with van der Waals surface area (Å²) in [7, 11) is 0. The van der Waals surface area contributed by atoms with Crippen molar-refractivity contribution in [3.8, 4) is 0 Å². The second kappa shape index (κ2) is 7.05. The van der Waals surface area contributed by atoms with Gasteiger partial charge in [-0.1, -0.05) is 41.1 Å². The van der Waals surface area contributed by atoms with E-state index in [0.717, 1.165) is 11.0 Å². The highest BCUT2D eigenvalue weighted by atomic mass is 127. The lowest BCUT2D eigenvalue weighted by molar-refractivity contribution is 0.624. The third kappa shape index (κ3) is 3.43. The summed E-state index contributed by atoms with van der Waals surface area (Å²) in [6.07, 6.45) is 0. The molecule has 0 aromatic heterocycles. The van der Waals surface area contributed by atoms with Crippen LogP contribution < -0.4 is 5.32 Å². The van der Waals surface area contributed by atoms with Gasteiger partial charge in [-0.2, -0.15) is 0 Å². The van der Waals surface area contributed by atoms with Crippen LogP contribution in [0.15, 0.2) is 40.9 Å². The molecule has 0 saturated heterocycles. The molecule has 106 valence electrons. The Bertz CT molecular complexity index is 608. The first-order valence-corrected chi connectivity index (χ1v) is 8.66. The van der Waals surface area contributed by atoms with Crippen molar-refractivity contribution in [2.45, 2.75) is 26.8 Å². The Morgan fingerprint density at radius 3 is 2.60 bits per heavy atom. The first kappa shape index (κ1) is 16.0. The molecule has 0 aliphatic carbocycles. The van der Waals surface area contributed by atoms with Gasteiger partial charge >= 0.3 is 0 Å². The molecular formula is C17H19BrIN. The average molecular weight is 444 g/mol. The quantitative estimate of drug-likeness (QED) is 0.626. The van der Waals surface area contributed by atoms with Crippen LogP contribution in [0.25, 0.3) is 0 Å². The zero-order chi connectivity index (χ0) is 14.7. The van der Waals surface area contributed by atoms with E-state index in [1.807, 2.05) is 0 Å². The zero-order valence-corrected chi connectivity index (χ0v) is 15.7. The molecule has 2 rings (SSSR count). The Labute approximate surface area is 143 Å². The summed E-state index contributed by atoms with van der Waals surface area (Å²) in [5, 5.41) is 3.63. The van der Waals surface area contributed by atoms with Crippen LogP contribution in [0.4, 0.5) is 0 Å². The Morgan fingerprint density at radius 1 is 1.15 bits per heavy atom. The summed E-state index contributed by atoms with van der Waals surface area (Å²) in [6.45, 7) is 7.48. The van der Waals surface area contributed by atoms with E-state index in [1.54, 1.807) is 0 Å². The number of hydrogen-bond donors (Lipinski definition) is 1. The molecular weight excluding hydrogens is 425 g/mol. The van der Waals surface area contributed by atoms with E-state index >= 15 is 0 Å². The Balaban J connectivity index is 2.56. The molecule has 0 spiro atoms. The standard InChI is InChI=1S/C17H19BrIN/c1-4-20-17(14-7-5-6-11(2)12(14)3)15-10-13(18)8-9-16(15)19/h5-10,17,20H,4H2,1-3H3. The summed E-state index contributed by atoms with van der Waals surface area (Å²) in [5.74, 6) is 0. The van der Waals surface area contributed by atoms with Crippen LogP contribution in [-0.4, -0.2) is 6.54 Å². The Morgan fingerprint density at radius 2 is 1.90 bits per heavy atom. The van der Waals surface area contributed by atoms with Gasteiger partial charge in [0.05, 0.1) is 6.04 Å². The van der Waals surface area contributed by atoms with Crippen molar-refractivity contribution in [1.29, 1.82) is 0 Å². The fourth-order valence-corrected chi connectivity index (χ4v) is 3.44. The summed E-state index contributed by atoms with van der Waals surface area (Å²) in [4.78, 5) is 0. The molecule has 1 nitrogen and oxygen atoms in total. The van der Waals surface area contributed by atoms with Crippen LogP contribution in [-0.2, 0) is 0 Å². The monoisotopic (exact) mass is 443 g/mol. The van der Waals surface area contributed by atoms with Crippen molar-refractivity contribution in [2.24, 2.45) is 0 Å². The van der Waals surface area contributed by atoms with Crippen molar-refractivity contribution in [1.82, 2.24) is 5.32 Å². The van der Waals surface area contributed by atoms with Crippen LogP contribution in [0.2, 0.25) is 0 Å². The fraction of sp³-hybridized carbons (Fsp3) is 0.294. The molecule has 1 unspecified atom stereocenters. The molecule has 0 bridgehead atoms. The van der Waals surface area contributed by atoms with E-state index in [2.05, 4.69) is 101 Å². The van der Waals surface area contributed by atoms with Crippen molar-refractivity contribution < 1.29 is 0 Å². The third-order valence-corrected chi connectivity index (χ3v) is 5.11. The number of benzene rings is 2. The first-order chi connectivity index (χ1) is 9.54. The summed E-state index contributed by atoms with van der Waals surface area (Å²) >= 11 is 6.01. The Kier molecular flexibility index (Phi) is 5.64. The predicted molar refractivity (Wildman–Crippen MR) is 98.3 cm³/mol. The third-order valence-electron chi connectivity index (χ3n) is 3.63. The smallest absolute Gasteiger partial charge is 0.0590 e. The number of hydrogen-bond acceptors (Lipinski definition) is 1. The van der Waals surface area contributed by atoms with Crippen LogP contribution in [0.5, 0.6) is 0 Å². The van der Waals surface area contributed by atoms with Gasteiger partial charge in [0, 0.05) is 8.04 Å². The lowest BCUT2D eigenvalue weighted by Gasteiger charge is -2.23. The van der Waals surface area contributed by atoms with Gasteiger partial charge in [-0.25, -0.2) is 0 Å². The summed E-state index contributed by atoms with van der Waals surface area (Å²) < 4.78 is 2.42. The number of halogens is 2. The topological polar surface area (TPSA) is 12.0 Å². The molecule has 0 radical (unpaired) electrons. The van der Waals surface area contributed by atoms with Crippen LogP contribution in [0.3, 0.4) is 0 Å². The van der Waals surface area contributed by atoms with Crippen LogP contribution >= 0.6 is 38.5 Å². The SMILES string of the molecule is CCNC(c1cc(Br)ccc1I)c1cccc(C)c1C. The highest BCUT2D eigenvalue weighted by Crippen LogP contribution is 2.31. The molecule has 1 N–H and O–H groups in total. The van der Waals surface area contributed by atoms with Crippen molar-refractivity contribution in [2.75, 3.05) is 6.54 Å². The maximum Gasteiger partial charge on any atom is 0.0590 e. The second-order valence-corrected chi connectivity index (χ2v) is 7.02. The highest BCUT2D eigenvalue weighted by molar-refractivity contribution is 14.1. The molecule has 0 aliphatic heterocycles. The van der Waals surface area contributed by atoms with Crippen LogP contribution in [0, 0.1) is 17.4 Å². The van der Waals surface area contributed by atoms with E-state index in [1.165, 1.54) is 25.8 Å². The lowest BCUT2D eigenvalue weighted by Crippen LogP contribution is -2.23. The molecule has 0 saturated carbocycles. The maximum absolute atomic E-state index is 3.63. The van der Waals surface area contributed by atoms with Gasteiger partial charge < -0.3 is 5.32 Å². The number of rotatable bonds is 4. The van der Waals surface area contributed by atoms with Crippen molar-refractivity contribution in [3.63, 3.8) is 0 Å². The lowest BCUT2D eigenvalue weighted by atomic mass is 9.92. The van der Waals surface area contributed by atoms with Gasteiger partial charge in [-0.05, 0) is 83.4 Å². The summed E-state index contributed by atoms with van der Waals surface area (Å²) in [5.41, 5.74) is 5.41. The molecule has 0 amide bonds.